The Morgan fingerprint density at radius 2 is 1.72 bits per heavy atom. The third-order valence-electron chi connectivity index (χ3n) is 12.0. The van der Waals surface area contributed by atoms with E-state index in [-0.39, 0.29) is 47.7 Å². The number of benzene rings is 1. The van der Waals surface area contributed by atoms with Gasteiger partial charge in [0, 0.05) is 51.3 Å². The van der Waals surface area contributed by atoms with E-state index in [9.17, 15) is 19.8 Å². The number of aliphatic hydroxyl groups is 2. The Bertz CT molecular complexity index is 1280. The summed E-state index contributed by atoms with van der Waals surface area (Å²) < 4.78 is 0. The minimum absolute atomic E-state index is 0.0215. The van der Waals surface area contributed by atoms with Crippen LogP contribution < -0.4 is 16.0 Å². The average molecular weight is 651 g/mol. The van der Waals surface area contributed by atoms with Crippen LogP contribution >= 0.6 is 0 Å². The summed E-state index contributed by atoms with van der Waals surface area (Å²) in [5.41, 5.74) is 11.6. The number of anilines is 1. The number of nitrogens with two attached hydrogens (primary N) is 1. The van der Waals surface area contributed by atoms with Gasteiger partial charge in [0.1, 0.15) is 0 Å². The van der Waals surface area contributed by atoms with Gasteiger partial charge in [-0.1, -0.05) is 51.3 Å². The SMILES string of the molecule is CC[C@]1(C)/C(=C2/CCC(=O)C=C2C)[C@@H](c2ccc(N(C)CCCCCCN(CCO)CCNCC(N)=O)cc2)C[C@]2(C)C(O)CCC21. The molecule has 47 heavy (non-hydrogen) atoms. The molecule has 0 bridgehead atoms. The average Bonchev–Trinajstić information content (AvgIpc) is 3.35. The fourth-order valence-electron chi connectivity index (χ4n) is 9.19. The molecule has 0 spiro atoms. The molecule has 5 N–H and O–H groups in total. The second-order valence-corrected chi connectivity index (χ2v) is 15.0. The number of ketones is 1. The van der Waals surface area contributed by atoms with Gasteiger partial charge >= 0.3 is 0 Å². The molecule has 4 rings (SSSR count). The lowest BCUT2D eigenvalue weighted by Gasteiger charge is -2.56. The first-order chi connectivity index (χ1) is 22.4. The molecule has 2 saturated carbocycles. The molecule has 0 heterocycles. The number of aliphatic hydroxyl groups excluding tert-OH is 2. The quantitative estimate of drug-likeness (QED) is 0.168. The largest absolute Gasteiger partial charge is 0.395 e. The zero-order valence-electron chi connectivity index (χ0n) is 29.8. The minimum atomic E-state index is -0.352. The van der Waals surface area contributed by atoms with E-state index in [1.54, 1.807) is 0 Å². The molecule has 0 aromatic heterocycles. The Hall–Kier alpha value is -2.52. The van der Waals surface area contributed by atoms with Gasteiger partial charge < -0.3 is 26.2 Å². The molecule has 3 aliphatic rings. The zero-order chi connectivity index (χ0) is 34.2. The number of nitrogens with zero attached hydrogens (tertiary/aromatic N) is 2. The summed E-state index contributed by atoms with van der Waals surface area (Å²) in [5.74, 6) is 0.548. The third-order valence-corrected chi connectivity index (χ3v) is 12.0. The number of fused-ring (bicyclic) bond motifs is 1. The number of nitrogens with one attached hydrogen (secondary N) is 1. The second kappa shape index (κ2) is 16.7. The van der Waals surface area contributed by atoms with Crippen molar-refractivity contribution in [3.05, 3.63) is 52.6 Å². The van der Waals surface area contributed by atoms with E-state index in [0.717, 1.165) is 83.0 Å². The fourth-order valence-corrected chi connectivity index (χ4v) is 9.19. The van der Waals surface area contributed by atoms with Crippen LogP contribution in [0, 0.1) is 16.7 Å². The molecule has 1 aromatic rings. The molecule has 0 saturated heterocycles. The van der Waals surface area contributed by atoms with Crippen molar-refractivity contribution in [2.75, 3.05) is 57.8 Å². The molecule has 8 nitrogen and oxygen atoms in total. The lowest BCUT2D eigenvalue weighted by molar-refractivity contribution is -0.117. The van der Waals surface area contributed by atoms with Crippen LogP contribution in [0.15, 0.2) is 47.1 Å². The highest BCUT2D eigenvalue weighted by Crippen LogP contribution is 2.67. The lowest BCUT2D eigenvalue weighted by atomic mass is 9.49. The van der Waals surface area contributed by atoms with E-state index >= 15 is 0 Å². The van der Waals surface area contributed by atoms with Crippen molar-refractivity contribution in [1.82, 2.24) is 10.2 Å². The Kier molecular flexibility index (Phi) is 13.3. The maximum absolute atomic E-state index is 12.3. The first kappa shape index (κ1) is 37.3. The molecule has 0 aliphatic heterocycles. The molecule has 8 heteroatoms. The van der Waals surface area contributed by atoms with E-state index in [0.29, 0.717) is 25.4 Å². The van der Waals surface area contributed by atoms with Gasteiger partial charge in [-0.15, -0.1) is 0 Å². The van der Waals surface area contributed by atoms with Crippen molar-refractivity contribution in [2.24, 2.45) is 22.5 Å². The highest BCUT2D eigenvalue weighted by Gasteiger charge is 2.59. The van der Waals surface area contributed by atoms with Crippen LogP contribution in [0.5, 0.6) is 0 Å². The maximum atomic E-state index is 12.3. The summed E-state index contributed by atoms with van der Waals surface area (Å²) in [6.45, 7) is 13.6. The highest BCUT2D eigenvalue weighted by atomic mass is 16.3. The van der Waals surface area contributed by atoms with Gasteiger partial charge in [0.15, 0.2) is 5.78 Å². The van der Waals surface area contributed by atoms with Crippen molar-refractivity contribution < 1.29 is 19.8 Å². The summed E-state index contributed by atoms with van der Waals surface area (Å²) >= 11 is 0. The Morgan fingerprint density at radius 1 is 1.02 bits per heavy atom. The molecule has 0 radical (unpaired) electrons. The summed E-state index contributed by atoms with van der Waals surface area (Å²) in [6, 6.07) is 9.18. The summed E-state index contributed by atoms with van der Waals surface area (Å²) in [7, 11) is 2.17. The van der Waals surface area contributed by atoms with E-state index in [1.807, 2.05) is 6.08 Å². The van der Waals surface area contributed by atoms with E-state index < -0.39 is 0 Å². The topological polar surface area (TPSA) is 119 Å². The van der Waals surface area contributed by atoms with Gasteiger partial charge in [-0.05, 0) is 110 Å². The number of amides is 1. The van der Waals surface area contributed by atoms with Gasteiger partial charge in [0.2, 0.25) is 5.91 Å². The first-order valence-electron chi connectivity index (χ1n) is 18.2. The van der Waals surface area contributed by atoms with Crippen LogP contribution in [0.25, 0.3) is 0 Å². The van der Waals surface area contributed by atoms with Crippen molar-refractivity contribution in [3.63, 3.8) is 0 Å². The van der Waals surface area contributed by atoms with E-state index in [1.165, 1.54) is 22.4 Å². The normalized spacial score (nSPS) is 29.2. The predicted octanol–water partition coefficient (Wildman–Crippen LogP) is 5.34. The molecular weight excluding hydrogens is 588 g/mol. The molecule has 1 aromatic carbocycles. The Morgan fingerprint density at radius 3 is 2.36 bits per heavy atom. The molecule has 5 atom stereocenters. The molecule has 1 amide bonds. The van der Waals surface area contributed by atoms with Gasteiger partial charge in [-0.2, -0.15) is 0 Å². The standard InChI is InChI=1S/C39H62N4O4/c1-6-38(3)34-17-18-35(46)39(34,4)26-33(37(38)32-16-15-31(45)25-28(32)2)29-11-13-30(14-12-29)42(5)20-9-7-8-10-21-43(23-24-44)22-19-41-27-36(40)47/h11-14,25,33-35,41,44,46H,6-10,15-24,26-27H2,1-5H3,(H2,40,47)/b37-32-/t33-,34?,35?,38+,39+/m1/s1. The van der Waals surface area contributed by atoms with Gasteiger partial charge in [-0.25, -0.2) is 0 Å². The Balaban J connectivity index is 1.39. The van der Waals surface area contributed by atoms with Gasteiger partial charge in [0.05, 0.1) is 19.3 Å². The number of hydrogen-bond acceptors (Lipinski definition) is 7. The number of carbonyl (C=O) groups excluding carboxylic acids is 2. The van der Waals surface area contributed by atoms with Crippen LogP contribution in [-0.4, -0.2) is 85.8 Å². The minimum Gasteiger partial charge on any atom is -0.395 e. The number of hydrogen-bond donors (Lipinski definition) is 4. The zero-order valence-corrected chi connectivity index (χ0v) is 29.8. The summed E-state index contributed by atoms with van der Waals surface area (Å²) in [5, 5.41) is 23.8. The number of carbonyl (C=O) groups is 2. The number of rotatable bonds is 17. The molecule has 2 fully saturated rings. The molecule has 2 unspecified atom stereocenters. The van der Waals surface area contributed by atoms with Crippen molar-refractivity contribution in [3.8, 4) is 0 Å². The van der Waals surface area contributed by atoms with E-state index in [2.05, 4.69) is 74.1 Å². The smallest absolute Gasteiger partial charge is 0.231 e. The van der Waals surface area contributed by atoms with Crippen LogP contribution in [0.3, 0.4) is 0 Å². The number of primary amides is 1. The maximum Gasteiger partial charge on any atom is 0.231 e. The molecular formula is C39H62N4O4. The molecule has 262 valence electrons. The number of allylic oxidation sites excluding steroid dienone is 4. The molecule has 3 aliphatic carbocycles. The summed E-state index contributed by atoms with van der Waals surface area (Å²) in [6.07, 6.45) is 11.4. The highest BCUT2D eigenvalue weighted by molar-refractivity contribution is 5.92. The van der Waals surface area contributed by atoms with Crippen molar-refractivity contribution in [2.45, 2.75) is 104 Å². The van der Waals surface area contributed by atoms with E-state index in [4.69, 9.17) is 5.73 Å². The van der Waals surface area contributed by atoms with Gasteiger partial charge in [0.25, 0.3) is 0 Å². The first-order valence-corrected chi connectivity index (χ1v) is 18.2. The lowest BCUT2D eigenvalue weighted by Crippen LogP contribution is -2.49. The number of unbranched alkanes of at least 4 members (excludes halogenated alkanes) is 3. The fraction of sp³-hybridized carbons (Fsp3) is 0.692. The van der Waals surface area contributed by atoms with Crippen molar-refractivity contribution in [1.29, 1.82) is 0 Å². The predicted molar refractivity (Wildman–Crippen MR) is 191 cm³/mol. The summed E-state index contributed by atoms with van der Waals surface area (Å²) in [4.78, 5) is 27.8. The van der Waals surface area contributed by atoms with Crippen molar-refractivity contribution >= 4 is 17.4 Å². The Labute approximate surface area is 283 Å². The van der Waals surface area contributed by atoms with Crippen LogP contribution in [0.2, 0.25) is 0 Å². The second-order valence-electron chi connectivity index (χ2n) is 15.0. The van der Waals surface area contributed by atoms with Crippen LogP contribution in [0.4, 0.5) is 5.69 Å². The third kappa shape index (κ3) is 8.75. The van der Waals surface area contributed by atoms with Gasteiger partial charge in [-0.3, -0.25) is 14.5 Å². The van der Waals surface area contributed by atoms with Crippen LogP contribution in [0.1, 0.15) is 103 Å². The monoisotopic (exact) mass is 650 g/mol. The van der Waals surface area contributed by atoms with Crippen LogP contribution in [-0.2, 0) is 9.59 Å².